The molecule has 3 aromatic heterocycles. The standard InChI is InChI=1S/C24H28O2S3/c1-2-3-4-5-6-7-8-9-10-18-15-20(24(17-26)28-18)22-12-11-21(29-22)19-13-14-27-23(19)16-25/h11-17H,2-10H2,1H3. The number of hydrogen-bond acceptors (Lipinski definition) is 5. The van der Waals surface area contributed by atoms with Gasteiger partial charge in [-0.2, -0.15) is 0 Å². The molecule has 0 atom stereocenters. The third-order valence-electron chi connectivity index (χ3n) is 5.13. The van der Waals surface area contributed by atoms with Crippen LogP contribution < -0.4 is 0 Å². The summed E-state index contributed by atoms with van der Waals surface area (Å²) >= 11 is 4.75. The van der Waals surface area contributed by atoms with Gasteiger partial charge in [0.05, 0.1) is 9.75 Å². The van der Waals surface area contributed by atoms with E-state index in [-0.39, 0.29) is 0 Å². The lowest BCUT2D eigenvalue weighted by Gasteiger charge is -2.00. The van der Waals surface area contributed by atoms with Crippen LogP contribution in [0.5, 0.6) is 0 Å². The lowest BCUT2D eigenvalue weighted by atomic mass is 10.1. The van der Waals surface area contributed by atoms with E-state index in [4.69, 9.17) is 0 Å². The fourth-order valence-electron chi connectivity index (χ4n) is 3.54. The van der Waals surface area contributed by atoms with Gasteiger partial charge in [-0.3, -0.25) is 9.59 Å². The molecule has 0 aliphatic carbocycles. The van der Waals surface area contributed by atoms with Crippen molar-refractivity contribution < 1.29 is 9.59 Å². The first-order valence-electron chi connectivity index (χ1n) is 10.5. The van der Waals surface area contributed by atoms with Crippen molar-refractivity contribution in [3.8, 4) is 20.9 Å². The van der Waals surface area contributed by atoms with Crippen molar-refractivity contribution in [3.05, 3.63) is 44.3 Å². The first-order chi connectivity index (χ1) is 14.3. The Bertz CT molecular complexity index is 916. The lowest BCUT2D eigenvalue weighted by molar-refractivity contribution is 0.111. The number of hydrogen-bond donors (Lipinski definition) is 0. The molecule has 0 fully saturated rings. The molecule has 0 N–H and O–H groups in total. The molecule has 0 aromatic carbocycles. The van der Waals surface area contributed by atoms with Gasteiger partial charge in [-0.25, -0.2) is 0 Å². The van der Waals surface area contributed by atoms with Gasteiger partial charge in [-0.1, -0.05) is 51.9 Å². The van der Waals surface area contributed by atoms with Gasteiger partial charge in [-0.15, -0.1) is 34.0 Å². The Morgan fingerprint density at radius 1 is 0.759 bits per heavy atom. The van der Waals surface area contributed by atoms with Crippen LogP contribution in [0.15, 0.2) is 29.6 Å². The highest BCUT2D eigenvalue weighted by Crippen LogP contribution is 2.40. The number of thiophene rings is 3. The minimum atomic E-state index is 0.759. The maximum absolute atomic E-state index is 11.6. The lowest BCUT2D eigenvalue weighted by Crippen LogP contribution is -1.83. The molecule has 3 rings (SSSR count). The maximum atomic E-state index is 11.6. The van der Waals surface area contributed by atoms with E-state index >= 15 is 0 Å². The molecule has 5 heteroatoms. The molecule has 154 valence electrons. The second kappa shape index (κ2) is 11.6. The van der Waals surface area contributed by atoms with Gasteiger partial charge < -0.3 is 0 Å². The molecular formula is C24H28O2S3. The summed E-state index contributed by atoms with van der Waals surface area (Å²) in [5, 5.41) is 1.95. The van der Waals surface area contributed by atoms with Crippen LogP contribution in [0.3, 0.4) is 0 Å². The Morgan fingerprint density at radius 2 is 1.41 bits per heavy atom. The number of aryl methyl sites for hydroxylation is 1. The number of rotatable bonds is 13. The van der Waals surface area contributed by atoms with Crippen LogP contribution in [0.2, 0.25) is 0 Å². The number of aldehydes is 2. The summed E-state index contributed by atoms with van der Waals surface area (Å²) in [5.41, 5.74) is 2.03. The average Bonchev–Trinajstić information content (AvgIpc) is 3.48. The molecule has 29 heavy (non-hydrogen) atoms. The van der Waals surface area contributed by atoms with E-state index in [2.05, 4.69) is 25.1 Å². The quantitative estimate of drug-likeness (QED) is 0.195. The van der Waals surface area contributed by atoms with Gasteiger partial charge >= 0.3 is 0 Å². The highest BCUT2D eigenvalue weighted by atomic mass is 32.1. The highest BCUT2D eigenvalue weighted by Gasteiger charge is 2.15. The first-order valence-corrected chi connectivity index (χ1v) is 13.0. The van der Waals surface area contributed by atoms with E-state index in [1.807, 2.05) is 11.4 Å². The van der Waals surface area contributed by atoms with Crippen molar-refractivity contribution >= 4 is 46.6 Å². The van der Waals surface area contributed by atoms with Crippen molar-refractivity contribution in [1.29, 1.82) is 0 Å². The summed E-state index contributed by atoms with van der Waals surface area (Å²) in [7, 11) is 0. The maximum Gasteiger partial charge on any atom is 0.160 e. The molecule has 0 bridgehead atoms. The van der Waals surface area contributed by atoms with Crippen molar-refractivity contribution in [2.45, 2.75) is 64.7 Å². The monoisotopic (exact) mass is 444 g/mol. The smallest absolute Gasteiger partial charge is 0.160 e. The predicted octanol–water partition coefficient (Wildman–Crippen LogP) is 8.51. The highest BCUT2D eigenvalue weighted by molar-refractivity contribution is 7.20. The Kier molecular flexibility index (Phi) is 8.84. The molecule has 0 aliphatic rings. The van der Waals surface area contributed by atoms with Gasteiger partial charge in [0.15, 0.2) is 12.6 Å². The van der Waals surface area contributed by atoms with Crippen LogP contribution in [0.1, 0.15) is 82.5 Å². The Balaban J connectivity index is 1.59. The fraction of sp³-hybridized carbons (Fsp3) is 0.417. The van der Waals surface area contributed by atoms with Gasteiger partial charge in [0, 0.05) is 25.8 Å². The van der Waals surface area contributed by atoms with E-state index < -0.39 is 0 Å². The molecule has 0 unspecified atom stereocenters. The zero-order chi connectivity index (χ0) is 20.5. The van der Waals surface area contributed by atoms with E-state index in [9.17, 15) is 9.59 Å². The van der Waals surface area contributed by atoms with Crippen LogP contribution in [0.4, 0.5) is 0 Å². The average molecular weight is 445 g/mol. The predicted molar refractivity (Wildman–Crippen MR) is 128 cm³/mol. The normalized spacial score (nSPS) is 11.1. The van der Waals surface area contributed by atoms with E-state index in [0.29, 0.717) is 0 Å². The third kappa shape index (κ3) is 5.97. The SMILES string of the molecule is CCCCCCCCCCc1cc(-c2ccc(-c3ccsc3C=O)s2)c(C=O)s1. The summed E-state index contributed by atoms with van der Waals surface area (Å²) in [6.07, 6.45) is 13.5. The summed E-state index contributed by atoms with van der Waals surface area (Å²) in [4.78, 5) is 27.9. The van der Waals surface area contributed by atoms with Gasteiger partial charge in [0.25, 0.3) is 0 Å². The molecule has 0 amide bonds. The molecule has 0 spiro atoms. The minimum Gasteiger partial charge on any atom is -0.297 e. The zero-order valence-electron chi connectivity index (χ0n) is 16.9. The van der Waals surface area contributed by atoms with Crippen molar-refractivity contribution in [2.24, 2.45) is 0 Å². The second-order valence-electron chi connectivity index (χ2n) is 7.31. The number of carbonyl (C=O) groups is 2. The van der Waals surface area contributed by atoms with Gasteiger partial charge in [-0.05, 0) is 42.5 Å². The van der Waals surface area contributed by atoms with Crippen molar-refractivity contribution in [3.63, 3.8) is 0 Å². The van der Waals surface area contributed by atoms with Crippen molar-refractivity contribution in [1.82, 2.24) is 0 Å². The minimum absolute atomic E-state index is 0.759. The number of carbonyl (C=O) groups excluding carboxylic acids is 2. The van der Waals surface area contributed by atoms with Crippen LogP contribution in [-0.4, -0.2) is 12.6 Å². The van der Waals surface area contributed by atoms with Crippen molar-refractivity contribution in [2.75, 3.05) is 0 Å². The summed E-state index contributed by atoms with van der Waals surface area (Å²) in [5.74, 6) is 0. The topological polar surface area (TPSA) is 34.1 Å². The van der Waals surface area contributed by atoms with Gasteiger partial charge in [0.1, 0.15) is 0 Å². The summed E-state index contributed by atoms with van der Waals surface area (Å²) < 4.78 is 0. The zero-order valence-corrected chi connectivity index (χ0v) is 19.4. The molecule has 3 heterocycles. The Hall–Kier alpha value is -1.56. The van der Waals surface area contributed by atoms with Crippen LogP contribution >= 0.6 is 34.0 Å². The van der Waals surface area contributed by atoms with E-state index in [0.717, 1.165) is 49.6 Å². The molecule has 0 saturated carbocycles. The van der Waals surface area contributed by atoms with Gasteiger partial charge in [0.2, 0.25) is 0 Å². The van der Waals surface area contributed by atoms with Crippen LogP contribution in [0.25, 0.3) is 20.9 Å². The summed E-state index contributed by atoms with van der Waals surface area (Å²) in [6, 6.07) is 8.31. The van der Waals surface area contributed by atoms with E-state index in [1.165, 1.54) is 67.6 Å². The van der Waals surface area contributed by atoms with E-state index in [1.54, 1.807) is 22.7 Å². The summed E-state index contributed by atoms with van der Waals surface area (Å²) in [6.45, 7) is 2.25. The van der Waals surface area contributed by atoms with Crippen LogP contribution in [0, 0.1) is 0 Å². The Morgan fingerprint density at radius 3 is 2.10 bits per heavy atom. The molecule has 0 aliphatic heterocycles. The molecule has 3 aromatic rings. The molecule has 2 nitrogen and oxygen atoms in total. The number of unbranched alkanes of at least 4 members (excludes halogenated alkanes) is 7. The fourth-order valence-corrected chi connectivity index (χ4v) is 6.49. The second-order valence-corrected chi connectivity index (χ2v) is 10.5. The Labute approximate surface area is 185 Å². The van der Waals surface area contributed by atoms with Crippen LogP contribution in [-0.2, 0) is 6.42 Å². The third-order valence-corrected chi connectivity index (χ3v) is 8.25. The molecule has 0 radical (unpaired) electrons. The molecule has 0 saturated heterocycles. The first kappa shape index (κ1) is 22.1. The largest absolute Gasteiger partial charge is 0.297 e. The molecular weight excluding hydrogens is 416 g/mol.